The highest BCUT2D eigenvalue weighted by Crippen LogP contribution is 2.27. The molecular weight excluding hydrogens is 340 g/mol. The highest BCUT2D eigenvalue weighted by molar-refractivity contribution is 8.13. The quantitative estimate of drug-likeness (QED) is 0.759. The van der Waals surface area contributed by atoms with Gasteiger partial charge in [-0.15, -0.1) is 0 Å². The number of rotatable bonds is 5. The van der Waals surface area contributed by atoms with Crippen molar-refractivity contribution in [2.24, 2.45) is 5.92 Å². The molecule has 1 atom stereocenters. The lowest BCUT2D eigenvalue weighted by Gasteiger charge is -2.21. The van der Waals surface area contributed by atoms with Crippen LogP contribution in [-0.2, 0) is 9.05 Å². The van der Waals surface area contributed by atoms with E-state index in [0.29, 0.717) is 12.6 Å². The lowest BCUT2D eigenvalue weighted by Crippen LogP contribution is -2.31. The molecule has 21 heavy (non-hydrogen) atoms. The van der Waals surface area contributed by atoms with Gasteiger partial charge in [-0.25, -0.2) is 12.8 Å². The van der Waals surface area contributed by atoms with E-state index in [1.807, 2.05) is 13.8 Å². The third kappa shape index (κ3) is 4.56. The first kappa shape index (κ1) is 18.2. The van der Waals surface area contributed by atoms with E-state index < -0.39 is 30.7 Å². The van der Waals surface area contributed by atoms with E-state index in [2.05, 4.69) is 0 Å². The Morgan fingerprint density at radius 3 is 2.48 bits per heavy atom. The standard InChI is InChI=1S/C13H16Cl2FNO3S/c1-4-8(2)7-17(3)13(18)10-5-9(21(15,19)20)6-11(16)12(10)14/h5-6,8H,4,7H2,1-3H3. The maximum atomic E-state index is 13.7. The molecule has 118 valence electrons. The van der Waals surface area contributed by atoms with Crippen molar-refractivity contribution >= 4 is 37.2 Å². The first-order chi connectivity index (χ1) is 9.57. The van der Waals surface area contributed by atoms with Crippen LogP contribution in [0.5, 0.6) is 0 Å². The van der Waals surface area contributed by atoms with Crippen molar-refractivity contribution in [3.05, 3.63) is 28.5 Å². The van der Waals surface area contributed by atoms with Crippen molar-refractivity contribution in [2.45, 2.75) is 25.2 Å². The fourth-order valence-electron chi connectivity index (χ4n) is 1.75. The Hall–Kier alpha value is -0.850. The van der Waals surface area contributed by atoms with Gasteiger partial charge in [0, 0.05) is 24.3 Å². The Kier molecular flexibility index (Phi) is 6.01. The second kappa shape index (κ2) is 6.94. The molecule has 0 saturated heterocycles. The van der Waals surface area contributed by atoms with Gasteiger partial charge in [-0.2, -0.15) is 0 Å². The van der Waals surface area contributed by atoms with Gasteiger partial charge in [0.1, 0.15) is 5.82 Å². The average Bonchev–Trinajstić information content (AvgIpc) is 2.39. The van der Waals surface area contributed by atoms with Crippen LogP contribution < -0.4 is 0 Å². The zero-order chi connectivity index (χ0) is 16.4. The van der Waals surface area contributed by atoms with Crippen LogP contribution in [0.3, 0.4) is 0 Å². The van der Waals surface area contributed by atoms with Gasteiger partial charge in [0.05, 0.1) is 15.5 Å². The van der Waals surface area contributed by atoms with Crippen LogP contribution in [0.2, 0.25) is 5.02 Å². The molecule has 1 unspecified atom stereocenters. The fourth-order valence-corrected chi connectivity index (χ4v) is 2.71. The second-order valence-corrected chi connectivity index (χ2v) is 7.85. The monoisotopic (exact) mass is 355 g/mol. The Morgan fingerprint density at radius 1 is 1.43 bits per heavy atom. The molecule has 1 aromatic rings. The molecule has 0 aliphatic rings. The second-order valence-electron chi connectivity index (χ2n) is 4.90. The van der Waals surface area contributed by atoms with Crippen LogP contribution in [0.4, 0.5) is 4.39 Å². The fraction of sp³-hybridized carbons (Fsp3) is 0.462. The summed E-state index contributed by atoms with van der Waals surface area (Å²) >= 11 is 5.76. The predicted molar refractivity (Wildman–Crippen MR) is 80.9 cm³/mol. The molecule has 1 amide bonds. The first-order valence-corrected chi connectivity index (χ1v) is 8.95. The van der Waals surface area contributed by atoms with Gasteiger partial charge < -0.3 is 4.90 Å². The number of nitrogens with zero attached hydrogens (tertiary/aromatic N) is 1. The van der Waals surface area contributed by atoms with E-state index in [-0.39, 0.29) is 11.5 Å². The summed E-state index contributed by atoms with van der Waals surface area (Å²) in [5.74, 6) is -1.30. The summed E-state index contributed by atoms with van der Waals surface area (Å²) in [5, 5.41) is -0.417. The molecule has 1 aromatic carbocycles. The van der Waals surface area contributed by atoms with Crippen molar-refractivity contribution in [1.82, 2.24) is 4.90 Å². The Morgan fingerprint density at radius 2 is 2.00 bits per heavy atom. The summed E-state index contributed by atoms with van der Waals surface area (Å²) in [4.78, 5) is 13.2. The van der Waals surface area contributed by atoms with Gasteiger partial charge in [-0.05, 0) is 18.1 Å². The van der Waals surface area contributed by atoms with E-state index in [1.165, 1.54) is 4.90 Å². The van der Waals surface area contributed by atoms with Crippen LogP contribution in [0, 0.1) is 11.7 Å². The molecular formula is C13H16Cl2FNO3S. The van der Waals surface area contributed by atoms with Crippen LogP contribution in [0.1, 0.15) is 30.6 Å². The minimum atomic E-state index is -4.15. The van der Waals surface area contributed by atoms with E-state index in [1.54, 1.807) is 7.05 Å². The molecule has 4 nitrogen and oxygen atoms in total. The maximum Gasteiger partial charge on any atom is 0.261 e. The molecule has 1 rings (SSSR count). The van der Waals surface area contributed by atoms with E-state index >= 15 is 0 Å². The van der Waals surface area contributed by atoms with Crippen molar-refractivity contribution in [3.8, 4) is 0 Å². The summed E-state index contributed by atoms with van der Waals surface area (Å²) in [6, 6.07) is 1.68. The molecule has 0 N–H and O–H groups in total. The summed E-state index contributed by atoms with van der Waals surface area (Å²) in [6.45, 7) is 4.40. The SMILES string of the molecule is CCC(C)CN(C)C(=O)c1cc(S(=O)(=O)Cl)cc(F)c1Cl. The highest BCUT2D eigenvalue weighted by Gasteiger charge is 2.23. The number of amides is 1. The molecule has 0 aliphatic carbocycles. The summed E-state index contributed by atoms with van der Waals surface area (Å²) < 4.78 is 36.3. The largest absolute Gasteiger partial charge is 0.341 e. The zero-order valence-electron chi connectivity index (χ0n) is 11.9. The van der Waals surface area contributed by atoms with Gasteiger partial charge >= 0.3 is 0 Å². The molecule has 0 saturated carbocycles. The Labute approximate surface area is 133 Å². The molecule has 0 aliphatic heterocycles. The molecule has 0 bridgehead atoms. The topological polar surface area (TPSA) is 54.5 Å². The number of hydrogen-bond acceptors (Lipinski definition) is 3. The molecule has 0 spiro atoms. The molecule has 0 radical (unpaired) electrons. The van der Waals surface area contributed by atoms with Crippen LogP contribution >= 0.6 is 22.3 Å². The number of carbonyl (C=O) groups excluding carboxylic acids is 1. The van der Waals surface area contributed by atoms with Gasteiger partial charge in [-0.3, -0.25) is 4.79 Å². The van der Waals surface area contributed by atoms with Crippen molar-refractivity contribution in [3.63, 3.8) is 0 Å². The number of hydrogen-bond donors (Lipinski definition) is 0. The highest BCUT2D eigenvalue weighted by atomic mass is 35.7. The number of benzene rings is 1. The van der Waals surface area contributed by atoms with E-state index in [9.17, 15) is 17.6 Å². The van der Waals surface area contributed by atoms with Crippen LogP contribution in [-0.4, -0.2) is 32.8 Å². The number of halogens is 3. The van der Waals surface area contributed by atoms with Crippen molar-refractivity contribution in [1.29, 1.82) is 0 Å². The van der Waals surface area contributed by atoms with Gasteiger partial charge in [-0.1, -0.05) is 31.9 Å². The summed E-state index contributed by atoms with van der Waals surface area (Å²) in [7, 11) is 2.58. The smallest absolute Gasteiger partial charge is 0.261 e. The zero-order valence-corrected chi connectivity index (χ0v) is 14.2. The average molecular weight is 356 g/mol. The summed E-state index contributed by atoms with van der Waals surface area (Å²) in [6.07, 6.45) is 0.871. The minimum Gasteiger partial charge on any atom is -0.341 e. The van der Waals surface area contributed by atoms with E-state index in [0.717, 1.165) is 12.5 Å². The van der Waals surface area contributed by atoms with Crippen molar-refractivity contribution in [2.75, 3.05) is 13.6 Å². The molecule has 0 fully saturated rings. The van der Waals surface area contributed by atoms with Gasteiger partial charge in [0.2, 0.25) is 0 Å². The predicted octanol–water partition coefficient (Wildman–Crippen LogP) is 3.52. The lowest BCUT2D eigenvalue weighted by molar-refractivity contribution is 0.0774. The Balaban J connectivity index is 3.23. The number of carbonyl (C=O) groups is 1. The molecule has 0 heterocycles. The first-order valence-electron chi connectivity index (χ1n) is 6.27. The summed E-state index contributed by atoms with van der Waals surface area (Å²) in [5.41, 5.74) is -0.221. The maximum absolute atomic E-state index is 13.7. The van der Waals surface area contributed by atoms with Gasteiger partial charge in [0.15, 0.2) is 0 Å². The molecule has 0 aromatic heterocycles. The minimum absolute atomic E-state index is 0.221. The van der Waals surface area contributed by atoms with Crippen molar-refractivity contribution < 1.29 is 17.6 Å². The van der Waals surface area contributed by atoms with Gasteiger partial charge in [0.25, 0.3) is 15.0 Å². The normalized spacial score (nSPS) is 13.0. The lowest BCUT2D eigenvalue weighted by atomic mass is 10.1. The van der Waals surface area contributed by atoms with Crippen LogP contribution in [0.25, 0.3) is 0 Å². The third-order valence-electron chi connectivity index (χ3n) is 3.14. The van der Waals surface area contributed by atoms with E-state index in [4.69, 9.17) is 22.3 Å². The third-order valence-corrected chi connectivity index (χ3v) is 4.86. The Bertz CT molecular complexity index is 649. The molecule has 8 heteroatoms. The van der Waals surface area contributed by atoms with Crippen LogP contribution in [0.15, 0.2) is 17.0 Å².